The number of rotatable bonds is 14. The fourth-order valence-electron chi connectivity index (χ4n) is 3.68. The monoisotopic (exact) mass is 550 g/mol. The predicted molar refractivity (Wildman–Crippen MR) is 122 cm³/mol. The summed E-state index contributed by atoms with van der Waals surface area (Å²) in [5.74, 6) is -0.560. The van der Waals surface area contributed by atoms with E-state index in [0.29, 0.717) is 26.4 Å². The molecule has 2 aliphatic heterocycles. The second-order valence-corrected chi connectivity index (χ2v) is 8.17. The second kappa shape index (κ2) is 17.0. The molecule has 0 aliphatic carbocycles. The average Bonchev–Trinajstić information content (AvgIpc) is 2.82. The van der Waals surface area contributed by atoms with Crippen LogP contribution in [0.4, 0.5) is 0 Å². The van der Waals surface area contributed by atoms with Crippen LogP contribution in [0.15, 0.2) is 0 Å². The van der Waals surface area contributed by atoms with Crippen molar-refractivity contribution in [1.82, 2.24) is 5.32 Å². The van der Waals surface area contributed by atoms with Crippen LogP contribution in [0.2, 0.25) is 0 Å². The van der Waals surface area contributed by atoms with Gasteiger partial charge in [0.1, 0.15) is 48.8 Å². The molecule has 16 heteroatoms. The number of hydrogen-bond donors (Lipinski definition) is 8. The topological polar surface area (TPSA) is 232 Å². The summed E-state index contributed by atoms with van der Waals surface area (Å²) in [6.07, 6.45) is -13.4. The molecule has 0 radical (unpaired) electrons. The summed E-state index contributed by atoms with van der Waals surface area (Å²) in [7, 11) is 0. The highest BCUT2D eigenvalue weighted by atomic mass is 35.5. The first-order valence-corrected chi connectivity index (χ1v) is 11.4. The highest BCUT2D eigenvalue weighted by Crippen LogP contribution is 2.28. The van der Waals surface area contributed by atoms with E-state index in [1.165, 1.54) is 6.92 Å². The van der Waals surface area contributed by atoms with E-state index in [0.717, 1.165) is 0 Å². The number of ether oxygens (including phenoxy) is 6. The van der Waals surface area contributed by atoms with E-state index >= 15 is 0 Å². The van der Waals surface area contributed by atoms with Crippen LogP contribution in [0.1, 0.15) is 6.92 Å². The van der Waals surface area contributed by atoms with Crippen molar-refractivity contribution in [2.45, 2.75) is 68.3 Å². The molecule has 0 spiro atoms. The van der Waals surface area contributed by atoms with Crippen molar-refractivity contribution in [2.75, 3.05) is 52.8 Å². The molecular weight excluding hydrogens is 512 g/mol. The first kappa shape index (κ1) is 33.3. The van der Waals surface area contributed by atoms with Gasteiger partial charge < -0.3 is 70.1 Å². The van der Waals surface area contributed by atoms with Crippen LogP contribution in [0, 0.1) is 0 Å². The Balaban J connectivity index is 0.00000648. The van der Waals surface area contributed by atoms with Gasteiger partial charge in [0.15, 0.2) is 12.6 Å². The zero-order chi connectivity index (χ0) is 26.0. The Labute approximate surface area is 214 Å². The summed E-state index contributed by atoms with van der Waals surface area (Å²) in [6.45, 7) is 2.28. The van der Waals surface area contributed by atoms with Crippen LogP contribution in [0.5, 0.6) is 0 Å². The van der Waals surface area contributed by atoms with E-state index in [4.69, 9.17) is 34.2 Å². The normalized spacial score (nSPS) is 36.8. The molecule has 2 saturated heterocycles. The summed E-state index contributed by atoms with van der Waals surface area (Å²) in [5, 5.41) is 63.5. The first-order valence-electron chi connectivity index (χ1n) is 11.4. The Morgan fingerprint density at radius 3 is 2.06 bits per heavy atom. The number of nitrogens with two attached hydrogens (primary N) is 1. The van der Waals surface area contributed by atoms with Crippen molar-refractivity contribution in [3.05, 3.63) is 0 Å². The fourth-order valence-corrected chi connectivity index (χ4v) is 3.68. The lowest BCUT2D eigenvalue weighted by Crippen LogP contribution is -2.67. The average molecular weight is 551 g/mol. The zero-order valence-corrected chi connectivity index (χ0v) is 20.8. The molecule has 2 heterocycles. The molecule has 0 aromatic rings. The number of carbonyl (C=O) groups excluding carboxylic acids is 1. The number of hydrogen-bond acceptors (Lipinski definition) is 14. The lowest BCUT2D eigenvalue weighted by molar-refractivity contribution is -0.346. The minimum atomic E-state index is -1.73. The Morgan fingerprint density at radius 2 is 1.47 bits per heavy atom. The Kier molecular flexibility index (Phi) is 15.7. The third-order valence-corrected chi connectivity index (χ3v) is 5.49. The Hall–Kier alpha value is -0.760. The molecule has 0 saturated carbocycles. The first-order chi connectivity index (χ1) is 16.7. The maximum atomic E-state index is 11.4. The quantitative estimate of drug-likeness (QED) is 0.0948. The van der Waals surface area contributed by atoms with E-state index in [9.17, 15) is 35.4 Å². The summed E-state index contributed by atoms with van der Waals surface area (Å²) in [4.78, 5) is 11.4. The van der Waals surface area contributed by atoms with Crippen molar-refractivity contribution in [3.63, 3.8) is 0 Å². The molecule has 1 amide bonds. The van der Waals surface area contributed by atoms with Gasteiger partial charge in [-0.2, -0.15) is 0 Å². The third-order valence-electron chi connectivity index (χ3n) is 5.49. The number of halogens is 1. The van der Waals surface area contributed by atoms with Gasteiger partial charge in [-0.15, -0.1) is 12.4 Å². The van der Waals surface area contributed by atoms with Crippen molar-refractivity contribution >= 4 is 18.3 Å². The molecule has 9 N–H and O–H groups in total. The second-order valence-electron chi connectivity index (χ2n) is 8.17. The molecule has 0 aromatic heterocycles. The van der Waals surface area contributed by atoms with Crippen molar-refractivity contribution in [2.24, 2.45) is 5.73 Å². The van der Waals surface area contributed by atoms with E-state index < -0.39 is 73.9 Å². The molecule has 214 valence electrons. The van der Waals surface area contributed by atoms with Crippen LogP contribution >= 0.6 is 12.4 Å². The van der Waals surface area contributed by atoms with Crippen LogP contribution in [0.3, 0.4) is 0 Å². The largest absolute Gasteiger partial charge is 0.394 e. The molecule has 36 heavy (non-hydrogen) atoms. The van der Waals surface area contributed by atoms with Gasteiger partial charge in [-0.05, 0) is 0 Å². The van der Waals surface area contributed by atoms with Crippen molar-refractivity contribution in [3.8, 4) is 0 Å². The van der Waals surface area contributed by atoms with Gasteiger partial charge in [-0.25, -0.2) is 0 Å². The molecule has 0 bridgehead atoms. The van der Waals surface area contributed by atoms with Gasteiger partial charge in [-0.3, -0.25) is 4.79 Å². The Bertz CT molecular complexity index is 624. The van der Waals surface area contributed by atoms with E-state index in [-0.39, 0.29) is 32.2 Å². The van der Waals surface area contributed by atoms with Crippen LogP contribution in [-0.2, 0) is 33.2 Å². The van der Waals surface area contributed by atoms with Gasteiger partial charge in [0.25, 0.3) is 0 Å². The van der Waals surface area contributed by atoms with Gasteiger partial charge in [-0.1, -0.05) is 0 Å². The summed E-state index contributed by atoms with van der Waals surface area (Å²) in [5.41, 5.74) is 5.31. The number of nitrogens with one attached hydrogen (secondary N) is 1. The number of carbonyl (C=O) groups is 1. The van der Waals surface area contributed by atoms with Gasteiger partial charge in [0, 0.05) is 13.5 Å². The minimum Gasteiger partial charge on any atom is -0.394 e. The maximum Gasteiger partial charge on any atom is 0.217 e. The molecular formula is C20H39ClN2O13. The van der Waals surface area contributed by atoms with Crippen molar-refractivity contribution < 1.29 is 63.9 Å². The standard InChI is InChI=1S/C20H38N2O13.ClH/c1-10(24)22-13-15(26)18(11(8-23)33-19(13)29)35-20-17(28)16(27)14(25)12(34-20)9-32-7-6-31-5-4-30-3-2-21;/h11-20,23,25-29H,2-9,21H2,1H3,(H,22,24);1H/t11-,12-,13-,14-,15-,16+,17+,18-,19?,20+;/m1./s1. The number of amides is 1. The summed E-state index contributed by atoms with van der Waals surface area (Å²) < 4.78 is 32.3. The van der Waals surface area contributed by atoms with E-state index in [1.54, 1.807) is 0 Å². The minimum absolute atomic E-state index is 0. The number of aliphatic hydroxyl groups is 6. The summed E-state index contributed by atoms with van der Waals surface area (Å²) >= 11 is 0. The lowest BCUT2D eigenvalue weighted by Gasteiger charge is -2.46. The molecule has 2 aliphatic rings. The van der Waals surface area contributed by atoms with Crippen LogP contribution in [0.25, 0.3) is 0 Å². The van der Waals surface area contributed by atoms with Gasteiger partial charge in [0.05, 0.1) is 46.2 Å². The highest BCUT2D eigenvalue weighted by molar-refractivity contribution is 5.85. The van der Waals surface area contributed by atoms with Gasteiger partial charge >= 0.3 is 0 Å². The zero-order valence-electron chi connectivity index (χ0n) is 20.0. The van der Waals surface area contributed by atoms with Crippen molar-refractivity contribution in [1.29, 1.82) is 0 Å². The smallest absolute Gasteiger partial charge is 0.217 e. The van der Waals surface area contributed by atoms with Gasteiger partial charge in [0.2, 0.25) is 5.91 Å². The Morgan fingerprint density at radius 1 is 0.861 bits per heavy atom. The molecule has 1 unspecified atom stereocenters. The molecule has 15 nitrogen and oxygen atoms in total. The molecule has 2 fully saturated rings. The SMILES string of the molecule is CC(=O)N[C@H]1C(O)O[C@H](CO)[C@@H](O[C@@H]2O[C@H](COCCOCCOCCN)[C@@H](O)[C@H](O)[C@@H]2O)[C@@H]1O.Cl. The summed E-state index contributed by atoms with van der Waals surface area (Å²) in [6, 6.07) is -1.30. The van der Waals surface area contributed by atoms with E-state index in [1.807, 2.05) is 0 Å². The highest BCUT2D eigenvalue weighted by Gasteiger charge is 2.50. The van der Waals surface area contributed by atoms with Crippen LogP contribution in [-0.4, -0.2) is 151 Å². The predicted octanol–water partition coefficient (Wildman–Crippen LogP) is -4.82. The molecule has 2 rings (SSSR count). The molecule has 0 aromatic carbocycles. The number of aliphatic hydroxyl groups excluding tert-OH is 6. The maximum absolute atomic E-state index is 11.4. The van der Waals surface area contributed by atoms with E-state index in [2.05, 4.69) is 5.32 Å². The third kappa shape index (κ3) is 9.52. The molecule has 10 atom stereocenters. The lowest BCUT2D eigenvalue weighted by atomic mass is 9.95. The fraction of sp³-hybridized carbons (Fsp3) is 0.950. The van der Waals surface area contributed by atoms with Crippen LogP contribution < -0.4 is 11.1 Å².